The molecule has 0 aromatic rings. The molecule has 2 rings (SSSR count). The summed E-state index contributed by atoms with van der Waals surface area (Å²) in [5.74, 6) is 1.18. The van der Waals surface area contributed by atoms with Crippen molar-refractivity contribution in [1.82, 2.24) is 10.2 Å². The van der Waals surface area contributed by atoms with Gasteiger partial charge < -0.3 is 10.2 Å². The summed E-state index contributed by atoms with van der Waals surface area (Å²) in [6, 6.07) is 1.24. The van der Waals surface area contributed by atoms with Crippen LogP contribution in [0.1, 0.15) is 72.6 Å². The first-order valence-corrected chi connectivity index (χ1v) is 8.93. The molecule has 3 nitrogen and oxygen atoms in total. The van der Waals surface area contributed by atoms with Gasteiger partial charge in [-0.3, -0.25) is 4.79 Å². The number of hydrogen-bond donors (Lipinski definition) is 1. The van der Waals surface area contributed by atoms with Gasteiger partial charge in [-0.05, 0) is 38.5 Å². The van der Waals surface area contributed by atoms with Gasteiger partial charge in [-0.25, -0.2) is 0 Å². The predicted octanol–water partition coefficient (Wildman–Crippen LogP) is 3.58. The molecular formula is C18H34N2O. The number of nitrogens with one attached hydrogen (secondary N) is 1. The Morgan fingerprint density at radius 2 is 1.62 bits per heavy atom. The van der Waals surface area contributed by atoms with Crippen molar-refractivity contribution in [2.75, 3.05) is 13.1 Å². The SMILES string of the molecule is CC(NC1CCN(C(=O)C(C)(C)C)CC1)C1CCCCC1. The minimum Gasteiger partial charge on any atom is -0.342 e. The lowest BCUT2D eigenvalue weighted by Crippen LogP contribution is -2.50. The Morgan fingerprint density at radius 3 is 2.14 bits per heavy atom. The molecule has 1 aliphatic carbocycles. The summed E-state index contributed by atoms with van der Waals surface area (Å²) in [5, 5.41) is 3.85. The van der Waals surface area contributed by atoms with E-state index in [2.05, 4.69) is 17.1 Å². The maximum atomic E-state index is 12.3. The van der Waals surface area contributed by atoms with Gasteiger partial charge in [-0.2, -0.15) is 0 Å². The maximum absolute atomic E-state index is 12.3. The molecule has 122 valence electrons. The average molecular weight is 294 g/mol. The van der Waals surface area contributed by atoms with Gasteiger partial charge in [-0.15, -0.1) is 0 Å². The Hall–Kier alpha value is -0.570. The van der Waals surface area contributed by atoms with Crippen molar-refractivity contribution in [3.05, 3.63) is 0 Å². The number of piperidine rings is 1. The van der Waals surface area contributed by atoms with E-state index < -0.39 is 0 Å². The molecule has 0 aromatic heterocycles. The van der Waals surface area contributed by atoms with E-state index in [1.807, 2.05) is 20.8 Å². The number of nitrogens with zero attached hydrogens (tertiary/aromatic N) is 1. The lowest BCUT2D eigenvalue weighted by Gasteiger charge is -2.38. The molecule has 0 aromatic carbocycles. The van der Waals surface area contributed by atoms with Gasteiger partial charge in [0, 0.05) is 30.6 Å². The molecule has 1 aliphatic heterocycles. The molecule has 0 bridgehead atoms. The monoisotopic (exact) mass is 294 g/mol. The first-order chi connectivity index (χ1) is 9.88. The molecule has 1 saturated carbocycles. The summed E-state index contributed by atoms with van der Waals surface area (Å²) in [7, 11) is 0. The highest BCUT2D eigenvalue weighted by atomic mass is 16.2. The van der Waals surface area contributed by atoms with Gasteiger partial charge in [0.2, 0.25) is 5.91 Å². The number of carbonyl (C=O) groups excluding carboxylic acids is 1. The minimum absolute atomic E-state index is 0.240. The second-order valence-electron chi connectivity index (χ2n) is 8.17. The predicted molar refractivity (Wildman–Crippen MR) is 88.2 cm³/mol. The van der Waals surface area contributed by atoms with Crippen LogP contribution in [-0.2, 0) is 4.79 Å². The van der Waals surface area contributed by atoms with Gasteiger partial charge in [0.15, 0.2) is 0 Å². The van der Waals surface area contributed by atoms with Crippen LogP contribution >= 0.6 is 0 Å². The third-order valence-corrected chi connectivity index (χ3v) is 5.28. The van der Waals surface area contributed by atoms with E-state index >= 15 is 0 Å². The average Bonchev–Trinajstić information content (AvgIpc) is 2.47. The zero-order chi connectivity index (χ0) is 15.5. The van der Waals surface area contributed by atoms with Crippen molar-refractivity contribution in [3.8, 4) is 0 Å². The number of amides is 1. The van der Waals surface area contributed by atoms with Crippen LogP contribution in [0.25, 0.3) is 0 Å². The molecule has 1 amide bonds. The summed E-state index contributed by atoms with van der Waals surface area (Å²) < 4.78 is 0. The molecular weight excluding hydrogens is 260 g/mol. The van der Waals surface area contributed by atoms with Crippen LogP contribution in [0.15, 0.2) is 0 Å². The molecule has 21 heavy (non-hydrogen) atoms. The van der Waals surface area contributed by atoms with E-state index in [0.717, 1.165) is 31.8 Å². The first-order valence-electron chi connectivity index (χ1n) is 8.93. The van der Waals surface area contributed by atoms with Crippen LogP contribution in [0, 0.1) is 11.3 Å². The van der Waals surface area contributed by atoms with Gasteiger partial charge in [0.25, 0.3) is 0 Å². The van der Waals surface area contributed by atoms with E-state index in [4.69, 9.17) is 0 Å². The van der Waals surface area contributed by atoms with E-state index in [-0.39, 0.29) is 5.41 Å². The highest BCUT2D eigenvalue weighted by Gasteiger charge is 2.31. The van der Waals surface area contributed by atoms with E-state index in [1.54, 1.807) is 0 Å². The summed E-state index contributed by atoms with van der Waals surface area (Å²) in [4.78, 5) is 14.4. The molecule has 1 unspecified atom stereocenters. The molecule has 2 fully saturated rings. The summed E-state index contributed by atoms with van der Waals surface area (Å²) >= 11 is 0. The fraction of sp³-hybridized carbons (Fsp3) is 0.944. The summed E-state index contributed by atoms with van der Waals surface area (Å²) in [6.07, 6.45) is 9.27. The molecule has 3 heteroatoms. The first kappa shape index (κ1) is 16.8. The van der Waals surface area contributed by atoms with E-state index in [9.17, 15) is 4.79 Å². The van der Waals surface area contributed by atoms with Crippen molar-refractivity contribution < 1.29 is 4.79 Å². The third-order valence-electron chi connectivity index (χ3n) is 5.28. The third kappa shape index (κ3) is 4.70. The number of rotatable bonds is 3. The lowest BCUT2D eigenvalue weighted by molar-refractivity contribution is -0.140. The zero-order valence-corrected chi connectivity index (χ0v) is 14.5. The van der Waals surface area contributed by atoms with Crippen molar-refractivity contribution in [3.63, 3.8) is 0 Å². The number of likely N-dealkylation sites (tertiary alicyclic amines) is 1. The number of hydrogen-bond acceptors (Lipinski definition) is 2. The molecule has 1 atom stereocenters. The maximum Gasteiger partial charge on any atom is 0.227 e. The van der Waals surface area contributed by atoms with Crippen LogP contribution in [0.4, 0.5) is 0 Å². The second kappa shape index (κ2) is 7.13. The number of carbonyl (C=O) groups is 1. The Kier molecular flexibility index (Phi) is 5.70. The van der Waals surface area contributed by atoms with Crippen LogP contribution < -0.4 is 5.32 Å². The normalized spacial score (nSPS) is 24.1. The Morgan fingerprint density at radius 1 is 1.05 bits per heavy atom. The van der Waals surface area contributed by atoms with Gasteiger partial charge in [-0.1, -0.05) is 40.0 Å². The standard InChI is InChI=1S/C18H34N2O/c1-14(15-8-6-5-7-9-15)19-16-10-12-20(13-11-16)17(21)18(2,3)4/h14-16,19H,5-13H2,1-4H3. The topological polar surface area (TPSA) is 32.3 Å². The van der Waals surface area contributed by atoms with Crippen molar-refractivity contribution in [2.45, 2.75) is 84.7 Å². The second-order valence-corrected chi connectivity index (χ2v) is 8.17. The Balaban J connectivity index is 1.75. The molecule has 0 spiro atoms. The van der Waals surface area contributed by atoms with Crippen molar-refractivity contribution in [1.29, 1.82) is 0 Å². The molecule has 1 N–H and O–H groups in total. The molecule has 1 heterocycles. The van der Waals surface area contributed by atoms with Gasteiger partial charge in [0.05, 0.1) is 0 Å². The Bertz CT molecular complexity index is 334. The highest BCUT2D eigenvalue weighted by molar-refractivity contribution is 5.81. The fourth-order valence-corrected chi connectivity index (χ4v) is 3.87. The molecule has 2 aliphatic rings. The van der Waals surface area contributed by atoms with Gasteiger partial charge in [0.1, 0.15) is 0 Å². The van der Waals surface area contributed by atoms with E-state index in [1.165, 1.54) is 32.1 Å². The zero-order valence-electron chi connectivity index (χ0n) is 14.5. The van der Waals surface area contributed by atoms with Crippen molar-refractivity contribution >= 4 is 5.91 Å². The highest BCUT2D eigenvalue weighted by Crippen LogP contribution is 2.27. The van der Waals surface area contributed by atoms with Crippen LogP contribution in [-0.4, -0.2) is 36.0 Å². The van der Waals surface area contributed by atoms with Crippen LogP contribution in [0.3, 0.4) is 0 Å². The fourth-order valence-electron chi connectivity index (χ4n) is 3.87. The quantitative estimate of drug-likeness (QED) is 0.863. The summed E-state index contributed by atoms with van der Waals surface area (Å²) in [5.41, 5.74) is -0.240. The largest absolute Gasteiger partial charge is 0.342 e. The van der Waals surface area contributed by atoms with Crippen molar-refractivity contribution in [2.24, 2.45) is 11.3 Å². The molecule has 0 radical (unpaired) electrons. The van der Waals surface area contributed by atoms with Gasteiger partial charge >= 0.3 is 0 Å². The molecule has 1 saturated heterocycles. The van der Waals surface area contributed by atoms with E-state index in [0.29, 0.717) is 18.0 Å². The Labute approximate surface area is 130 Å². The summed E-state index contributed by atoms with van der Waals surface area (Å²) in [6.45, 7) is 10.3. The lowest BCUT2D eigenvalue weighted by atomic mass is 9.84. The minimum atomic E-state index is -0.240. The van der Waals surface area contributed by atoms with Crippen LogP contribution in [0.2, 0.25) is 0 Å². The smallest absolute Gasteiger partial charge is 0.227 e. The van der Waals surface area contributed by atoms with Crippen LogP contribution in [0.5, 0.6) is 0 Å².